The summed E-state index contributed by atoms with van der Waals surface area (Å²) in [5, 5.41) is 0. The molecule has 1 aromatic rings. The van der Waals surface area contributed by atoms with Crippen LogP contribution in [0, 0.1) is 5.92 Å². The van der Waals surface area contributed by atoms with Crippen molar-refractivity contribution in [2.75, 3.05) is 13.6 Å². The fourth-order valence-corrected chi connectivity index (χ4v) is 3.28. The molecule has 0 amide bonds. The molecule has 1 fully saturated rings. The number of hydrogen-bond donors (Lipinski definition) is 0. The van der Waals surface area contributed by atoms with Crippen molar-refractivity contribution in [3.05, 3.63) is 35.4 Å². The van der Waals surface area contributed by atoms with Crippen LogP contribution in [0.1, 0.15) is 61.9 Å². The van der Waals surface area contributed by atoms with Gasteiger partial charge in [-0.15, -0.1) is 0 Å². The van der Waals surface area contributed by atoms with Crippen molar-refractivity contribution in [1.29, 1.82) is 0 Å². The molecule has 0 spiro atoms. The zero-order chi connectivity index (χ0) is 15.2. The van der Waals surface area contributed by atoms with Crippen molar-refractivity contribution in [2.45, 2.75) is 58.4 Å². The molecule has 1 unspecified atom stereocenters. The Hall–Kier alpha value is -1.15. The quantitative estimate of drug-likeness (QED) is 0.726. The van der Waals surface area contributed by atoms with E-state index in [9.17, 15) is 4.79 Å². The molecule has 1 aromatic carbocycles. The van der Waals surface area contributed by atoms with Gasteiger partial charge in [0.05, 0.1) is 6.04 Å². The van der Waals surface area contributed by atoms with Gasteiger partial charge in [-0.05, 0) is 44.7 Å². The van der Waals surface area contributed by atoms with Crippen molar-refractivity contribution < 1.29 is 4.79 Å². The highest BCUT2D eigenvalue weighted by molar-refractivity contribution is 5.99. The summed E-state index contributed by atoms with van der Waals surface area (Å²) in [4.78, 5) is 14.8. The van der Waals surface area contributed by atoms with Crippen LogP contribution in [-0.2, 0) is 6.42 Å². The van der Waals surface area contributed by atoms with Crippen LogP contribution in [0.5, 0.6) is 0 Å². The predicted octanol–water partition coefficient (Wildman–Crippen LogP) is 4.33. The number of carbonyl (C=O) groups excluding carboxylic acids is 1. The molecule has 0 N–H and O–H groups in total. The van der Waals surface area contributed by atoms with Crippen LogP contribution in [0.25, 0.3) is 0 Å². The lowest BCUT2D eigenvalue weighted by molar-refractivity contribution is 0.0842. The highest BCUT2D eigenvalue weighted by Gasteiger charge is 2.23. The summed E-state index contributed by atoms with van der Waals surface area (Å²) in [6.45, 7) is 5.23. The lowest BCUT2D eigenvalue weighted by atomic mass is 9.88. The Morgan fingerprint density at radius 3 is 2.38 bits per heavy atom. The molecule has 1 aliphatic rings. The largest absolute Gasteiger partial charge is 0.296 e. The highest BCUT2D eigenvalue weighted by atomic mass is 16.1. The van der Waals surface area contributed by atoms with E-state index in [0.717, 1.165) is 24.4 Å². The molecule has 0 bridgehead atoms. The molecule has 1 aliphatic carbocycles. The first-order chi connectivity index (χ1) is 10.1. The van der Waals surface area contributed by atoms with Gasteiger partial charge in [-0.25, -0.2) is 0 Å². The molecular formula is C19H29NO. The number of rotatable bonds is 6. The van der Waals surface area contributed by atoms with E-state index in [1.54, 1.807) is 0 Å². The van der Waals surface area contributed by atoms with Gasteiger partial charge >= 0.3 is 0 Å². The summed E-state index contributed by atoms with van der Waals surface area (Å²) < 4.78 is 0. The van der Waals surface area contributed by atoms with Gasteiger partial charge in [-0.3, -0.25) is 9.69 Å². The zero-order valence-corrected chi connectivity index (χ0v) is 13.8. The van der Waals surface area contributed by atoms with Gasteiger partial charge in [-0.2, -0.15) is 0 Å². The van der Waals surface area contributed by atoms with E-state index >= 15 is 0 Å². The molecule has 2 rings (SSSR count). The van der Waals surface area contributed by atoms with Crippen molar-refractivity contribution in [1.82, 2.24) is 4.90 Å². The number of likely N-dealkylation sites (N-methyl/N-ethyl adjacent to an activating group) is 1. The summed E-state index contributed by atoms with van der Waals surface area (Å²) >= 11 is 0. The molecule has 0 saturated heterocycles. The molecule has 1 atom stereocenters. The van der Waals surface area contributed by atoms with Gasteiger partial charge < -0.3 is 0 Å². The van der Waals surface area contributed by atoms with E-state index in [0.29, 0.717) is 0 Å². The van der Waals surface area contributed by atoms with Crippen LogP contribution >= 0.6 is 0 Å². The summed E-state index contributed by atoms with van der Waals surface area (Å²) in [5.41, 5.74) is 2.13. The second kappa shape index (κ2) is 7.74. The molecule has 21 heavy (non-hydrogen) atoms. The van der Waals surface area contributed by atoms with E-state index in [1.165, 1.54) is 37.7 Å². The second-order valence-electron chi connectivity index (χ2n) is 6.53. The van der Waals surface area contributed by atoms with Crippen LogP contribution in [-0.4, -0.2) is 30.3 Å². The van der Waals surface area contributed by atoms with Crippen molar-refractivity contribution in [3.63, 3.8) is 0 Å². The number of nitrogens with zero attached hydrogens (tertiary/aromatic N) is 1. The van der Waals surface area contributed by atoms with E-state index in [4.69, 9.17) is 0 Å². The molecule has 116 valence electrons. The molecule has 0 aromatic heterocycles. The Labute approximate surface area is 129 Å². The summed E-state index contributed by atoms with van der Waals surface area (Å²) in [7, 11) is 2.09. The summed E-state index contributed by atoms with van der Waals surface area (Å²) in [5.74, 6) is 1.03. The van der Waals surface area contributed by atoms with Crippen LogP contribution in [0.3, 0.4) is 0 Å². The number of hydrogen-bond acceptors (Lipinski definition) is 2. The SMILES string of the molecule is CCc1ccc(C(=O)C(C)N(C)CC2CCCCC2)cc1. The Balaban J connectivity index is 1.93. The number of carbonyl (C=O) groups is 1. The number of ketones is 1. The maximum Gasteiger partial charge on any atom is 0.179 e. The van der Waals surface area contributed by atoms with E-state index in [1.807, 2.05) is 19.1 Å². The first-order valence-electron chi connectivity index (χ1n) is 8.45. The topological polar surface area (TPSA) is 20.3 Å². The molecular weight excluding hydrogens is 258 g/mol. The molecule has 2 heteroatoms. The Morgan fingerprint density at radius 1 is 1.19 bits per heavy atom. The van der Waals surface area contributed by atoms with Gasteiger partial charge in [0.25, 0.3) is 0 Å². The van der Waals surface area contributed by atoms with Crippen LogP contribution in [0.2, 0.25) is 0 Å². The average molecular weight is 287 g/mol. The lowest BCUT2D eigenvalue weighted by Gasteiger charge is -2.30. The molecule has 0 heterocycles. The lowest BCUT2D eigenvalue weighted by Crippen LogP contribution is -2.39. The third-order valence-corrected chi connectivity index (χ3v) is 4.96. The van der Waals surface area contributed by atoms with Gasteiger partial charge in [0.15, 0.2) is 5.78 Å². The predicted molar refractivity (Wildman–Crippen MR) is 88.8 cm³/mol. The van der Waals surface area contributed by atoms with Crippen LogP contribution in [0.4, 0.5) is 0 Å². The van der Waals surface area contributed by atoms with Gasteiger partial charge in [0.2, 0.25) is 0 Å². The molecule has 1 saturated carbocycles. The minimum Gasteiger partial charge on any atom is -0.296 e. The highest BCUT2D eigenvalue weighted by Crippen LogP contribution is 2.25. The fraction of sp³-hybridized carbons (Fsp3) is 0.632. The maximum atomic E-state index is 12.6. The van der Waals surface area contributed by atoms with E-state index in [2.05, 4.69) is 31.0 Å². The average Bonchev–Trinajstić information content (AvgIpc) is 2.54. The first-order valence-corrected chi connectivity index (χ1v) is 8.45. The third-order valence-electron chi connectivity index (χ3n) is 4.96. The smallest absolute Gasteiger partial charge is 0.179 e. The number of benzene rings is 1. The van der Waals surface area contributed by atoms with Crippen molar-refractivity contribution in [3.8, 4) is 0 Å². The van der Waals surface area contributed by atoms with E-state index < -0.39 is 0 Å². The van der Waals surface area contributed by atoms with E-state index in [-0.39, 0.29) is 11.8 Å². The minimum atomic E-state index is -0.0283. The van der Waals surface area contributed by atoms with Crippen molar-refractivity contribution >= 4 is 5.78 Å². The zero-order valence-electron chi connectivity index (χ0n) is 13.8. The summed E-state index contributed by atoms with van der Waals surface area (Å²) in [6, 6.07) is 8.07. The normalized spacial score (nSPS) is 17.9. The Kier molecular flexibility index (Phi) is 5.98. The molecule has 2 nitrogen and oxygen atoms in total. The van der Waals surface area contributed by atoms with Crippen LogP contribution < -0.4 is 0 Å². The maximum absolute atomic E-state index is 12.6. The third kappa shape index (κ3) is 4.41. The second-order valence-corrected chi connectivity index (χ2v) is 6.53. The standard InChI is InChI=1S/C19H29NO/c1-4-16-10-12-18(13-11-16)19(21)15(2)20(3)14-17-8-6-5-7-9-17/h10-13,15,17H,4-9,14H2,1-3H3. The Morgan fingerprint density at radius 2 is 1.81 bits per heavy atom. The molecule has 0 radical (unpaired) electrons. The summed E-state index contributed by atoms with van der Waals surface area (Å²) in [6.07, 6.45) is 7.79. The number of aryl methyl sites for hydroxylation is 1. The van der Waals surface area contributed by atoms with Gasteiger partial charge in [0.1, 0.15) is 0 Å². The first kappa shape index (κ1) is 16.2. The fourth-order valence-electron chi connectivity index (χ4n) is 3.28. The number of Topliss-reactive ketones (excluding diaryl/α,β-unsaturated/α-hetero) is 1. The van der Waals surface area contributed by atoms with Crippen LogP contribution in [0.15, 0.2) is 24.3 Å². The van der Waals surface area contributed by atoms with Gasteiger partial charge in [0, 0.05) is 12.1 Å². The minimum absolute atomic E-state index is 0.0283. The Bertz CT molecular complexity index is 445. The monoisotopic (exact) mass is 287 g/mol. The molecule has 0 aliphatic heterocycles. The van der Waals surface area contributed by atoms with Gasteiger partial charge in [-0.1, -0.05) is 50.5 Å². The van der Waals surface area contributed by atoms with Crippen molar-refractivity contribution in [2.24, 2.45) is 5.92 Å².